The number of benzene rings is 3. The van der Waals surface area contributed by atoms with Gasteiger partial charge in [0.2, 0.25) is 0 Å². The van der Waals surface area contributed by atoms with Gasteiger partial charge in [0.05, 0.1) is 23.8 Å². The smallest absolute Gasteiger partial charge is 0.251 e. The predicted molar refractivity (Wildman–Crippen MR) is 139 cm³/mol. The van der Waals surface area contributed by atoms with Crippen LogP contribution < -0.4 is 10.6 Å². The fourth-order valence-electron chi connectivity index (χ4n) is 4.08. The number of ketones is 1. The highest BCUT2D eigenvalue weighted by atomic mass is 16.3. The van der Waals surface area contributed by atoms with Crippen molar-refractivity contribution >= 4 is 22.6 Å². The van der Waals surface area contributed by atoms with Gasteiger partial charge in [0.15, 0.2) is 5.78 Å². The van der Waals surface area contributed by atoms with Crippen molar-refractivity contribution < 1.29 is 14.7 Å². The Morgan fingerprint density at radius 1 is 1.06 bits per heavy atom. The van der Waals surface area contributed by atoms with Crippen LogP contribution in [0.15, 0.2) is 79.0 Å². The van der Waals surface area contributed by atoms with E-state index in [4.69, 9.17) is 5.26 Å². The molecule has 0 radical (unpaired) electrons. The van der Waals surface area contributed by atoms with E-state index in [-0.39, 0.29) is 18.2 Å². The largest absolute Gasteiger partial charge is 0.392 e. The van der Waals surface area contributed by atoms with Gasteiger partial charge in [0, 0.05) is 41.3 Å². The van der Waals surface area contributed by atoms with Gasteiger partial charge in [0.1, 0.15) is 0 Å². The van der Waals surface area contributed by atoms with Crippen LogP contribution in [0.25, 0.3) is 10.9 Å². The Bertz CT molecular complexity index is 1390. The average Bonchev–Trinajstić information content (AvgIpc) is 3.33. The number of aromatic amines is 1. The number of rotatable bonds is 10. The summed E-state index contributed by atoms with van der Waals surface area (Å²) in [5.41, 5.74) is 4.24. The molecule has 0 aliphatic rings. The maximum atomic E-state index is 13.7. The molecule has 0 saturated heterocycles. The SMILES string of the molecule is C[C@@H](O)CNC(=O)c1ccc2c(C(=O)[C@H](NCCc3ccc(C#N)cc3)c3ccccc3)c[nH]c2c1. The van der Waals surface area contributed by atoms with E-state index in [2.05, 4.69) is 21.7 Å². The fraction of sp³-hybridized carbons (Fsp3) is 0.207. The first-order valence-corrected chi connectivity index (χ1v) is 11.8. The van der Waals surface area contributed by atoms with Crippen LogP contribution in [0.5, 0.6) is 0 Å². The van der Waals surface area contributed by atoms with Crippen LogP contribution >= 0.6 is 0 Å². The Labute approximate surface area is 209 Å². The van der Waals surface area contributed by atoms with Gasteiger partial charge in [-0.2, -0.15) is 5.26 Å². The van der Waals surface area contributed by atoms with Gasteiger partial charge in [-0.25, -0.2) is 0 Å². The molecule has 3 aromatic carbocycles. The Balaban J connectivity index is 1.53. The van der Waals surface area contributed by atoms with Gasteiger partial charge in [0.25, 0.3) is 5.91 Å². The van der Waals surface area contributed by atoms with Crippen molar-refractivity contribution in [3.8, 4) is 6.07 Å². The number of carbonyl (C=O) groups excluding carboxylic acids is 2. The predicted octanol–water partition coefficient (Wildman–Crippen LogP) is 3.91. The molecule has 4 rings (SSSR count). The minimum Gasteiger partial charge on any atom is -0.392 e. The summed E-state index contributed by atoms with van der Waals surface area (Å²) in [6.45, 7) is 2.35. The van der Waals surface area contributed by atoms with E-state index in [1.165, 1.54) is 0 Å². The lowest BCUT2D eigenvalue weighted by molar-refractivity contribution is 0.0922. The highest BCUT2D eigenvalue weighted by Crippen LogP contribution is 2.26. The van der Waals surface area contributed by atoms with Crippen LogP contribution in [0, 0.1) is 11.3 Å². The Hall–Kier alpha value is -4.25. The molecule has 1 aromatic heterocycles. The average molecular weight is 481 g/mol. The number of aromatic nitrogens is 1. The Morgan fingerprint density at radius 3 is 2.50 bits per heavy atom. The maximum absolute atomic E-state index is 13.7. The zero-order valence-electron chi connectivity index (χ0n) is 20.0. The molecule has 1 amide bonds. The summed E-state index contributed by atoms with van der Waals surface area (Å²) in [7, 11) is 0. The normalized spacial score (nSPS) is 12.6. The summed E-state index contributed by atoms with van der Waals surface area (Å²) in [6.07, 6.45) is 1.76. The van der Waals surface area contributed by atoms with Crippen LogP contribution in [0.2, 0.25) is 0 Å². The molecule has 2 atom stereocenters. The highest BCUT2D eigenvalue weighted by molar-refractivity contribution is 6.11. The first kappa shape index (κ1) is 24.9. The molecule has 0 saturated carbocycles. The van der Waals surface area contributed by atoms with E-state index in [1.54, 1.807) is 43.5 Å². The molecule has 4 N–H and O–H groups in total. The number of H-pyrrole nitrogens is 1. The number of aliphatic hydroxyl groups excluding tert-OH is 1. The van der Waals surface area contributed by atoms with E-state index >= 15 is 0 Å². The van der Waals surface area contributed by atoms with Crippen molar-refractivity contribution in [2.75, 3.05) is 13.1 Å². The molecule has 0 aliphatic carbocycles. The molecule has 0 unspecified atom stereocenters. The summed E-state index contributed by atoms with van der Waals surface area (Å²) < 4.78 is 0. The van der Waals surface area contributed by atoms with Crippen LogP contribution in [0.3, 0.4) is 0 Å². The van der Waals surface area contributed by atoms with Gasteiger partial charge in [-0.05, 0) is 48.7 Å². The van der Waals surface area contributed by atoms with Crippen LogP contribution in [-0.4, -0.2) is 41.0 Å². The third kappa shape index (κ3) is 5.87. The Kier molecular flexibility index (Phi) is 7.91. The summed E-state index contributed by atoms with van der Waals surface area (Å²) >= 11 is 0. The second-order valence-corrected chi connectivity index (χ2v) is 8.74. The van der Waals surface area contributed by atoms with Crippen molar-refractivity contribution in [3.63, 3.8) is 0 Å². The maximum Gasteiger partial charge on any atom is 0.251 e. The topological polar surface area (TPSA) is 118 Å². The van der Waals surface area contributed by atoms with Crippen LogP contribution in [0.1, 0.15) is 50.4 Å². The monoisotopic (exact) mass is 480 g/mol. The van der Waals surface area contributed by atoms with Crippen molar-refractivity contribution in [1.29, 1.82) is 5.26 Å². The second kappa shape index (κ2) is 11.5. The molecule has 0 fully saturated rings. The van der Waals surface area contributed by atoms with Gasteiger partial charge in [-0.1, -0.05) is 48.5 Å². The van der Waals surface area contributed by atoms with Crippen LogP contribution in [0.4, 0.5) is 0 Å². The molecule has 7 nitrogen and oxygen atoms in total. The number of Topliss-reactive ketones (excluding diaryl/α,β-unsaturated/α-hetero) is 1. The molecule has 182 valence electrons. The lowest BCUT2D eigenvalue weighted by atomic mass is 9.96. The molecule has 4 aromatic rings. The van der Waals surface area contributed by atoms with Crippen molar-refractivity contribution in [2.45, 2.75) is 25.5 Å². The highest BCUT2D eigenvalue weighted by Gasteiger charge is 2.24. The van der Waals surface area contributed by atoms with Crippen molar-refractivity contribution in [3.05, 3.63) is 107 Å². The lowest BCUT2D eigenvalue weighted by Crippen LogP contribution is -2.30. The van der Waals surface area contributed by atoms with E-state index in [0.717, 1.165) is 16.5 Å². The summed E-state index contributed by atoms with van der Waals surface area (Å²) in [4.78, 5) is 29.2. The minimum absolute atomic E-state index is 0.0708. The number of nitrogens with zero attached hydrogens (tertiary/aromatic N) is 1. The molecule has 0 bridgehead atoms. The van der Waals surface area contributed by atoms with E-state index in [0.29, 0.717) is 35.2 Å². The zero-order chi connectivity index (χ0) is 25.5. The number of hydrogen-bond donors (Lipinski definition) is 4. The number of aliphatic hydroxyl groups is 1. The van der Waals surface area contributed by atoms with Gasteiger partial charge >= 0.3 is 0 Å². The Morgan fingerprint density at radius 2 is 1.81 bits per heavy atom. The molecule has 0 spiro atoms. The first-order chi connectivity index (χ1) is 17.5. The fourth-order valence-corrected chi connectivity index (χ4v) is 4.08. The molecule has 0 aliphatic heterocycles. The quantitative estimate of drug-likeness (QED) is 0.257. The summed E-state index contributed by atoms with van der Waals surface area (Å²) in [5, 5.41) is 25.2. The van der Waals surface area contributed by atoms with Crippen LogP contribution in [-0.2, 0) is 6.42 Å². The number of carbonyl (C=O) groups is 2. The number of amides is 1. The molecular formula is C29H28N4O3. The number of nitriles is 1. The van der Waals surface area contributed by atoms with E-state index < -0.39 is 12.1 Å². The van der Waals surface area contributed by atoms with Crippen molar-refractivity contribution in [1.82, 2.24) is 15.6 Å². The molecular weight excluding hydrogens is 452 g/mol. The second-order valence-electron chi connectivity index (χ2n) is 8.74. The molecule has 36 heavy (non-hydrogen) atoms. The van der Waals surface area contributed by atoms with Gasteiger partial charge in [-0.15, -0.1) is 0 Å². The van der Waals surface area contributed by atoms with E-state index in [9.17, 15) is 14.7 Å². The summed E-state index contributed by atoms with van der Waals surface area (Å²) in [5.74, 6) is -0.356. The van der Waals surface area contributed by atoms with Crippen molar-refractivity contribution in [2.24, 2.45) is 0 Å². The number of hydrogen-bond acceptors (Lipinski definition) is 5. The number of fused-ring (bicyclic) bond motifs is 1. The first-order valence-electron chi connectivity index (χ1n) is 11.8. The molecule has 1 heterocycles. The lowest BCUT2D eigenvalue weighted by Gasteiger charge is -2.18. The summed E-state index contributed by atoms with van der Waals surface area (Å²) in [6, 6.07) is 23.8. The number of nitrogens with one attached hydrogen (secondary N) is 3. The minimum atomic E-state index is -0.633. The van der Waals surface area contributed by atoms with Gasteiger partial charge in [-0.3, -0.25) is 9.59 Å². The van der Waals surface area contributed by atoms with Gasteiger partial charge < -0.3 is 20.7 Å². The third-order valence-electron chi connectivity index (χ3n) is 6.01. The molecule has 7 heteroatoms. The third-order valence-corrected chi connectivity index (χ3v) is 6.01. The zero-order valence-corrected chi connectivity index (χ0v) is 20.0. The van der Waals surface area contributed by atoms with E-state index in [1.807, 2.05) is 42.5 Å². The standard InChI is InChI=1S/C29H28N4O3/c1-19(34)17-33-29(36)23-11-12-24-25(18-32-26(24)15-23)28(35)27(22-5-3-2-4-6-22)31-14-13-20-7-9-21(16-30)10-8-20/h2-12,15,18-19,27,31-32,34H,13-14,17H2,1H3,(H,33,36)/t19-,27-/m1/s1.